The first-order valence-corrected chi connectivity index (χ1v) is 7.59. The lowest BCUT2D eigenvalue weighted by molar-refractivity contribution is -0.384. The number of nitrogens with zero attached hydrogens (tertiary/aromatic N) is 2. The largest absolute Gasteiger partial charge is 0.477 e. The highest BCUT2D eigenvalue weighted by Gasteiger charge is 2.26. The van der Waals surface area contributed by atoms with E-state index in [1.165, 1.54) is 24.1 Å². The number of rotatable bonds is 6. The number of anilines is 1. The Balaban J connectivity index is 3.20. The topological polar surface area (TPSA) is 118 Å². The molecule has 9 heteroatoms. The standard InChI is InChI=1S/C11H14N2O6S/c1-12(6-7-20(2,18)19)9-5-3-4-8(11(14)15)10(9)13(16)17/h3-5H,6-7H2,1-2H3,(H,14,15). The Morgan fingerprint density at radius 3 is 2.50 bits per heavy atom. The Labute approximate surface area is 115 Å². The van der Waals surface area contributed by atoms with Crippen LogP contribution in [0, 0.1) is 10.1 Å². The maximum atomic E-state index is 11.1. The summed E-state index contributed by atoms with van der Waals surface area (Å²) in [4.78, 5) is 22.6. The molecule has 0 aromatic heterocycles. The molecule has 0 atom stereocenters. The van der Waals surface area contributed by atoms with E-state index < -0.39 is 32.0 Å². The fraction of sp³-hybridized carbons (Fsp3) is 0.364. The lowest BCUT2D eigenvalue weighted by Gasteiger charge is -2.19. The van der Waals surface area contributed by atoms with Crippen LogP contribution in [0.25, 0.3) is 0 Å². The smallest absolute Gasteiger partial charge is 0.342 e. The van der Waals surface area contributed by atoms with Crippen molar-refractivity contribution in [3.63, 3.8) is 0 Å². The van der Waals surface area contributed by atoms with E-state index >= 15 is 0 Å². The molecule has 0 saturated carbocycles. The van der Waals surface area contributed by atoms with E-state index in [0.29, 0.717) is 0 Å². The Hall–Kier alpha value is -2.16. The highest BCUT2D eigenvalue weighted by atomic mass is 32.2. The van der Waals surface area contributed by atoms with Crippen molar-refractivity contribution < 1.29 is 23.2 Å². The zero-order chi connectivity index (χ0) is 15.5. The number of hydrogen-bond acceptors (Lipinski definition) is 6. The van der Waals surface area contributed by atoms with Gasteiger partial charge in [-0.2, -0.15) is 0 Å². The van der Waals surface area contributed by atoms with Gasteiger partial charge in [-0.1, -0.05) is 6.07 Å². The summed E-state index contributed by atoms with van der Waals surface area (Å²) >= 11 is 0. The summed E-state index contributed by atoms with van der Waals surface area (Å²) in [6.45, 7) is 0.0305. The summed E-state index contributed by atoms with van der Waals surface area (Å²) in [5, 5.41) is 20.0. The van der Waals surface area contributed by atoms with Gasteiger partial charge in [-0.15, -0.1) is 0 Å². The van der Waals surface area contributed by atoms with E-state index in [0.717, 1.165) is 12.3 Å². The van der Waals surface area contributed by atoms with Crippen molar-refractivity contribution in [2.24, 2.45) is 0 Å². The van der Waals surface area contributed by atoms with Crippen molar-refractivity contribution in [2.45, 2.75) is 0 Å². The first-order valence-electron chi connectivity index (χ1n) is 5.53. The average molecular weight is 302 g/mol. The fourth-order valence-electron chi connectivity index (χ4n) is 1.63. The summed E-state index contributed by atoms with van der Waals surface area (Å²) in [5.41, 5.74) is -0.909. The number of para-hydroxylation sites is 1. The summed E-state index contributed by atoms with van der Waals surface area (Å²) in [6.07, 6.45) is 1.06. The summed E-state index contributed by atoms with van der Waals surface area (Å²) in [5.74, 6) is -1.59. The molecule has 0 saturated heterocycles. The molecular formula is C11H14N2O6S. The molecular weight excluding hydrogens is 288 g/mol. The Bertz CT molecular complexity index is 640. The predicted octanol–water partition coefficient (Wildman–Crippen LogP) is 0.774. The van der Waals surface area contributed by atoms with Crippen molar-refractivity contribution >= 4 is 27.2 Å². The molecule has 0 aliphatic carbocycles. The molecule has 0 aliphatic rings. The second kappa shape index (κ2) is 5.87. The van der Waals surface area contributed by atoms with Gasteiger partial charge >= 0.3 is 11.7 Å². The minimum atomic E-state index is -3.21. The molecule has 0 aliphatic heterocycles. The van der Waals surface area contributed by atoms with Gasteiger partial charge < -0.3 is 10.0 Å². The molecule has 0 fully saturated rings. The summed E-state index contributed by atoms with van der Waals surface area (Å²) in [6, 6.07) is 3.89. The molecule has 0 unspecified atom stereocenters. The van der Waals surface area contributed by atoms with Crippen LogP contribution in [0.5, 0.6) is 0 Å². The van der Waals surface area contributed by atoms with Crippen molar-refractivity contribution in [3.8, 4) is 0 Å². The number of aromatic carboxylic acids is 1. The van der Waals surface area contributed by atoms with Crippen LogP contribution >= 0.6 is 0 Å². The van der Waals surface area contributed by atoms with Crippen LogP contribution in [-0.2, 0) is 9.84 Å². The number of nitro groups is 1. The monoisotopic (exact) mass is 302 g/mol. The number of sulfone groups is 1. The van der Waals surface area contributed by atoms with E-state index in [-0.39, 0.29) is 18.0 Å². The molecule has 8 nitrogen and oxygen atoms in total. The lowest BCUT2D eigenvalue weighted by atomic mass is 10.1. The highest BCUT2D eigenvalue weighted by Crippen LogP contribution is 2.31. The summed E-state index contributed by atoms with van der Waals surface area (Å²) < 4.78 is 22.2. The van der Waals surface area contributed by atoms with Crippen LogP contribution in [0.1, 0.15) is 10.4 Å². The van der Waals surface area contributed by atoms with Crippen molar-refractivity contribution in [2.75, 3.05) is 30.5 Å². The maximum Gasteiger partial charge on any atom is 0.342 e. The van der Waals surface area contributed by atoms with Crippen molar-refractivity contribution in [1.82, 2.24) is 0 Å². The third kappa shape index (κ3) is 3.92. The van der Waals surface area contributed by atoms with Crippen LogP contribution in [-0.4, -0.2) is 50.0 Å². The number of carboxylic acids is 1. The molecule has 20 heavy (non-hydrogen) atoms. The Kier molecular flexibility index (Phi) is 4.66. The minimum absolute atomic E-state index is 0.0305. The molecule has 1 aromatic rings. The third-order valence-electron chi connectivity index (χ3n) is 2.64. The van der Waals surface area contributed by atoms with Crippen molar-refractivity contribution in [1.29, 1.82) is 0 Å². The third-order valence-corrected chi connectivity index (χ3v) is 3.56. The van der Waals surface area contributed by atoms with E-state index in [4.69, 9.17) is 5.11 Å². The number of benzene rings is 1. The maximum absolute atomic E-state index is 11.1. The molecule has 1 N–H and O–H groups in total. The molecule has 1 rings (SSSR count). The van der Waals surface area contributed by atoms with Crippen LogP contribution < -0.4 is 4.90 Å². The molecule has 0 spiro atoms. The van der Waals surface area contributed by atoms with Gasteiger partial charge in [0.05, 0.1) is 10.7 Å². The Morgan fingerprint density at radius 2 is 2.05 bits per heavy atom. The van der Waals surface area contributed by atoms with Crippen LogP contribution in [0.2, 0.25) is 0 Å². The van der Waals surface area contributed by atoms with Gasteiger partial charge in [-0.3, -0.25) is 10.1 Å². The van der Waals surface area contributed by atoms with Crippen LogP contribution in [0.3, 0.4) is 0 Å². The average Bonchev–Trinajstić information content (AvgIpc) is 2.33. The van der Waals surface area contributed by atoms with Crippen LogP contribution in [0.15, 0.2) is 18.2 Å². The van der Waals surface area contributed by atoms with Gasteiger partial charge in [0.2, 0.25) is 0 Å². The van der Waals surface area contributed by atoms with E-state index in [2.05, 4.69) is 0 Å². The molecule has 0 amide bonds. The number of nitro benzene ring substituents is 1. The first kappa shape index (κ1) is 15.9. The van der Waals surface area contributed by atoms with Gasteiger partial charge in [-0.25, -0.2) is 13.2 Å². The van der Waals surface area contributed by atoms with Gasteiger partial charge in [0.1, 0.15) is 21.1 Å². The van der Waals surface area contributed by atoms with Gasteiger partial charge in [0.25, 0.3) is 0 Å². The van der Waals surface area contributed by atoms with E-state index in [1.807, 2.05) is 0 Å². The fourth-order valence-corrected chi connectivity index (χ4v) is 2.23. The molecule has 110 valence electrons. The second-order valence-electron chi connectivity index (χ2n) is 4.29. The molecule has 0 heterocycles. The highest BCUT2D eigenvalue weighted by molar-refractivity contribution is 7.90. The van der Waals surface area contributed by atoms with E-state index in [9.17, 15) is 23.3 Å². The number of hydrogen-bond donors (Lipinski definition) is 1. The quantitative estimate of drug-likeness (QED) is 0.609. The second-order valence-corrected chi connectivity index (χ2v) is 6.55. The summed E-state index contributed by atoms with van der Waals surface area (Å²) in [7, 11) is -1.74. The normalized spacial score (nSPS) is 11.1. The molecule has 0 radical (unpaired) electrons. The Morgan fingerprint density at radius 1 is 1.45 bits per heavy atom. The van der Waals surface area contributed by atoms with Crippen LogP contribution in [0.4, 0.5) is 11.4 Å². The molecule has 1 aromatic carbocycles. The SMILES string of the molecule is CN(CCS(C)(=O)=O)c1cccc(C(=O)O)c1[N+](=O)[O-]. The molecule has 0 bridgehead atoms. The zero-order valence-electron chi connectivity index (χ0n) is 10.9. The lowest BCUT2D eigenvalue weighted by Crippen LogP contribution is -2.26. The zero-order valence-corrected chi connectivity index (χ0v) is 11.8. The van der Waals surface area contributed by atoms with Gasteiger partial charge in [-0.05, 0) is 12.1 Å². The first-order chi connectivity index (χ1) is 9.13. The van der Waals surface area contributed by atoms with Gasteiger partial charge in [0, 0.05) is 19.8 Å². The van der Waals surface area contributed by atoms with Crippen molar-refractivity contribution in [3.05, 3.63) is 33.9 Å². The number of carboxylic acid groups (broad SMARTS) is 1. The minimum Gasteiger partial charge on any atom is -0.477 e. The van der Waals surface area contributed by atoms with E-state index in [1.54, 1.807) is 0 Å². The predicted molar refractivity (Wildman–Crippen MR) is 73.0 cm³/mol. The number of carbonyl (C=O) groups is 1. The van der Waals surface area contributed by atoms with Gasteiger partial charge in [0.15, 0.2) is 0 Å².